The molecular formula is C19H21N3O2S. The van der Waals surface area contributed by atoms with E-state index in [1.54, 1.807) is 36.0 Å². The molecule has 5 nitrogen and oxygen atoms in total. The molecule has 0 fully saturated rings. The molecule has 130 valence electrons. The van der Waals surface area contributed by atoms with Crippen LogP contribution in [0, 0.1) is 0 Å². The summed E-state index contributed by atoms with van der Waals surface area (Å²) in [6.07, 6.45) is 10.8. The molecule has 25 heavy (non-hydrogen) atoms. The Morgan fingerprint density at radius 2 is 2.08 bits per heavy atom. The molecule has 0 spiro atoms. The maximum Gasteiger partial charge on any atom is 0.253 e. The minimum atomic E-state index is -0.151. The van der Waals surface area contributed by atoms with Crippen LogP contribution in [-0.4, -0.2) is 17.7 Å². The number of nitrogens with one attached hydrogen (secondary N) is 3. The van der Waals surface area contributed by atoms with E-state index in [0.29, 0.717) is 23.5 Å². The van der Waals surface area contributed by atoms with Crippen molar-refractivity contribution in [3.63, 3.8) is 0 Å². The van der Waals surface area contributed by atoms with Gasteiger partial charge in [0, 0.05) is 22.7 Å². The molecule has 1 aliphatic rings. The maximum absolute atomic E-state index is 12.3. The predicted molar refractivity (Wildman–Crippen MR) is 103 cm³/mol. The van der Waals surface area contributed by atoms with Crippen molar-refractivity contribution in [1.82, 2.24) is 10.6 Å². The van der Waals surface area contributed by atoms with Gasteiger partial charge in [0.05, 0.1) is 10.7 Å². The fraction of sp³-hybridized carbons (Fsp3) is 0.105. The van der Waals surface area contributed by atoms with Crippen molar-refractivity contribution in [2.24, 2.45) is 0 Å². The maximum atomic E-state index is 12.3. The van der Waals surface area contributed by atoms with E-state index < -0.39 is 0 Å². The van der Waals surface area contributed by atoms with Crippen LogP contribution in [0.1, 0.15) is 6.92 Å². The first kappa shape index (κ1) is 18.6. The number of benzene rings is 1. The molecular weight excluding hydrogens is 334 g/mol. The highest BCUT2D eigenvalue weighted by molar-refractivity contribution is 8.03. The number of thioether (sulfide) groups is 1. The fourth-order valence-corrected chi connectivity index (χ4v) is 2.81. The number of anilines is 1. The Balaban J connectivity index is 1.99. The Bertz CT molecular complexity index is 746. The number of carbonyl (C=O) groups is 1. The Kier molecular flexibility index (Phi) is 7.13. The molecule has 6 heteroatoms. The summed E-state index contributed by atoms with van der Waals surface area (Å²) in [5.74, 6) is -0.151. The quantitative estimate of drug-likeness (QED) is 0.443. The topological polar surface area (TPSA) is 73.4 Å². The Morgan fingerprint density at radius 1 is 1.32 bits per heavy atom. The summed E-state index contributed by atoms with van der Waals surface area (Å²) in [5, 5.41) is 15.8. The summed E-state index contributed by atoms with van der Waals surface area (Å²) in [5.41, 5.74) is 4.05. The number of dihydropyridines is 1. The Hall–Kier alpha value is -2.70. The van der Waals surface area contributed by atoms with Gasteiger partial charge in [-0.2, -0.15) is 0 Å². The minimum absolute atomic E-state index is 0.151. The van der Waals surface area contributed by atoms with E-state index >= 15 is 0 Å². The lowest BCUT2D eigenvalue weighted by atomic mass is 10.2. The number of hydrogen-bond donors (Lipinski definition) is 4. The molecule has 1 aromatic rings. The molecule has 0 atom stereocenters. The van der Waals surface area contributed by atoms with Gasteiger partial charge in [0.1, 0.15) is 0 Å². The number of rotatable bonds is 7. The third-order valence-electron chi connectivity index (χ3n) is 3.34. The van der Waals surface area contributed by atoms with Gasteiger partial charge in [-0.05, 0) is 55.5 Å². The molecule has 0 aliphatic carbocycles. The minimum Gasteiger partial charge on any atom is -0.375 e. The van der Waals surface area contributed by atoms with Gasteiger partial charge in [-0.3, -0.25) is 15.5 Å². The molecule has 0 radical (unpaired) electrons. The summed E-state index contributed by atoms with van der Waals surface area (Å²) in [6, 6.07) is 7.38. The van der Waals surface area contributed by atoms with Crippen molar-refractivity contribution >= 4 is 23.4 Å². The molecule has 0 bridgehead atoms. The van der Waals surface area contributed by atoms with E-state index in [-0.39, 0.29) is 5.91 Å². The average Bonchev–Trinajstić information content (AvgIpc) is 2.66. The highest BCUT2D eigenvalue weighted by atomic mass is 32.2. The second kappa shape index (κ2) is 9.56. The predicted octanol–water partition coefficient (Wildman–Crippen LogP) is 3.71. The second-order valence-corrected chi connectivity index (χ2v) is 6.24. The van der Waals surface area contributed by atoms with Crippen LogP contribution in [0.15, 0.2) is 88.5 Å². The molecule has 0 saturated heterocycles. The zero-order valence-corrected chi connectivity index (χ0v) is 14.8. The van der Waals surface area contributed by atoms with Gasteiger partial charge in [0.15, 0.2) is 0 Å². The highest BCUT2D eigenvalue weighted by Gasteiger charge is 2.13. The van der Waals surface area contributed by atoms with Crippen LogP contribution in [0.25, 0.3) is 0 Å². The molecule has 1 aromatic carbocycles. The number of amides is 1. The van der Waals surface area contributed by atoms with Gasteiger partial charge < -0.3 is 10.6 Å². The van der Waals surface area contributed by atoms with Gasteiger partial charge >= 0.3 is 0 Å². The average molecular weight is 355 g/mol. The van der Waals surface area contributed by atoms with Crippen molar-refractivity contribution in [3.05, 3.63) is 83.6 Å². The van der Waals surface area contributed by atoms with E-state index in [0.717, 1.165) is 9.92 Å². The Labute approximate surface area is 151 Å². The zero-order chi connectivity index (χ0) is 18.1. The van der Waals surface area contributed by atoms with Gasteiger partial charge in [-0.1, -0.05) is 30.5 Å². The molecule has 2 rings (SSSR count). The normalized spacial score (nSPS) is 14.4. The first-order valence-corrected chi connectivity index (χ1v) is 8.57. The van der Waals surface area contributed by atoms with E-state index in [4.69, 9.17) is 5.21 Å². The summed E-state index contributed by atoms with van der Waals surface area (Å²) in [7, 11) is 0. The van der Waals surface area contributed by atoms with E-state index in [1.165, 1.54) is 0 Å². The molecule has 0 aromatic heterocycles. The molecule has 1 aliphatic heterocycles. The first-order valence-electron chi connectivity index (χ1n) is 7.75. The van der Waals surface area contributed by atoms with Gasteiger partial charge in [0.2, 0.25) is 0 Å². The summed E-state index contributed by atoms with van der Waals surface area (Å²) in [6.45, 7) is 6.06. The lowest BCUT2D eigenvalue weighted by molar-refractivity contribution is -0.116. The SMILES string of the molecule is C=C/C(=C\C=C/C)NC(=O)C1=CC=C(Sc2ccc(NO)cc2)NC1. The first-order chi connectivity index (χ1) is 12.2. The van der Waals surface area contributed by atoms with Crippen molar-refractivity contribution in [2.45, 2.75) is 11.8 Å². The molecule has 0 unspecified atom stereocenters. The van der Waals surface area contributed by atoms with Crippen LogP contribution in [0.2, 0.25) is 0 Å². The van der Waals surface area contributed by atoms with E-state index in [1.807, 2.05) is 43.4 Å². The standard InChI is InChI=1S/C19H21N3O2S/c1-3-5-6-15(4-2)21-19(23)14-7-12-18(20-13-14)25-17-10-8-16(22-24)9-11-17/h3-12,20,22,24H,2,13H2,1H3,(H,21,23)/b5-3-,15-6+. The molecule has 4 N–H and O–H groups in total. The van der Waals surface area contributed by atoms with Gasteiger partial charge in [-0.15, -0.1) is 0 Å². The molecule has 1 heterocycles. The van der Waals surface area contributed by atoms with Crippen molar-refractivity contribution in [1.29, 1.82) is 0 Å². The summed E-state index contributed by atoms with van der Waals surface area (Å²) < 4.78 is 0. The van der Waals surface area contributed by atoms with Crippen LogP contribution >= 0.6 is 11.8 Å². The summed E-state index contributed by atoms with van der Waals surface area (Å²) in [4.78, 5) is 13.3. The summed E-state index contributed by atoms with van der Waals surface area (Å²) >= 11 is 1.55. The number of hydrogen-bond acceptors (Lipinski definition) is 5. The van der Waals surface area contributed by atoms with Crippen molar-refractivity contribution < 1.29 is 10.0 Å². The third kappa shape index (κ3) is 5.70. The molecule has 1 amide bonds. The number of carbonyl (C=O) groups excluding carboxylic acids is 1. The van der Waals surface area contributed by atoms with E-state index in [9.17, 15) is 4.79 Å². The Morgan fingerprint density at radius 3 is 2.64 bits per heavy atom. The lowest BCUT2D eigenvalue weighted by Gasteiger charge is -2.17. The third-order valence-corrected chi connectivity index (χ3v) is 4.35. The van der Waals surface area contributed by atoms with Gasteiger partial charge in [0.25, 0.3) is 5.91 Å². The van der Waals surface area contributed by atoms with E-state index in [2.05, 4.69) is 22.7 Å². The van der Waals surface area contributed by atoms with Crippen LogP contribution in [0.3, 0.4) is 0 Å². The molecule has 0 saturated carbocycles. The van der Waals surface area contributed by atoms with Gasteiger partial charge in [-0.25, -0.2) is 0 Å². The van der Waals surface area contributed by atoms with Crippen LogP contribution in [0.4, 0.5) is 5.69 Å². The van der Waals surface area contributed by atoms with Crippen molar-refractivity contribution in [3.8, 4) is 0 Å². The second-order valence-electron chi connectivity index (χ2n) is 5.12. The zero-order valence-electron chi connectivity index (χ0n) is 14.0. The fourth-order valence-electron chi connectivity index (χ4n) is 2.00. The van der Waals surface area contributed by atoms with Crippen LogP contribution in [-0.2, 0) is 4.79 Å². The highest BCUT2D eigenvalue weighted by Crippen LogP contribution is 2.27. The van der Waals surface area contributed by atoms with Crippen LogP contribution < -0.4 is 16.1 Å². The lowest BCUT2D eigenvalue weighted by Crippen LogP contribution is -2.30. The van der Waals surface area contributed by atoms with Crippen molar-refractivity contribution in [2.75, 3.05) is 12.0 Å². The smallest absolute Gasteiger partial charge is 0.253 e. The largest absolute Gasteiger partial charge is 0.375 e. The monoisotopic (exact) mass is 355 g/mol. The number of allylic oxidation sites excluding steroid dienone is 6. The van der Waals surface area contributed by atoms with Crippen LogP contribution in [0.5, 0.6) is 0 Å².